The predicted molar refractivity (Wildman–Crippen MR) is 154 cm³/mol. The Morgan fingerprint density at radius 1 is 1.02 bits per heavy atom. The largest absolute Gasteiger partial charge is 0.496 e. The van der Waals surface area contributed by atoms with E-state index in [0.29, 0.717) is 51.8 Å². The maximum Gasteiger partial charge on any atom is 0.339 e. The van der Waals surface area contributed by atoms with Gasteiger partial charge in [-0.15, -0.1) is 5.23 Å². The molecule has 5 rings (SSSR count). The highest BCUT2D eigenvalue weighted by Gasteiger charge is 2.29. The molecule has 0 aromatic heterocycles. The number of hydrogen-bond donors (Lipinski definition) is 2. The first-order valence-electron chi connectivity index (χ1n) is 13.5. The molecular formula is C32H33NO8. The molecule has 0 spiro atoms. The second-order valence-electron chi connectivity index (χ2n) is 10.3. The maximum absolute atomic E-state index is 13.9. The lowest BCUT2D eigenvalue weighted by Crippen LogP contribution is -2.19. The van der Waals surface area contributed by atoms with Gasteiger partial charge >= 0.3 is 5.97 Å². The zero-order chi connectivity index (χ0) is 29.1. The molecule has 0 radical (unpaired) electrons. The molecule has 2 N–H and O–H groups in total. The van der Waals surface area contributed by atoms with Gasteiger partial charge in [0.1, 0.15) is 23.8 Å². The highest BCUT2D eigenvalue weighted by atomic mass is 16.8. The van der Waals surface area contributed by atoms with Crippen molar-refractivity contribution in [3.05, 3.63) is 70.8 Å². The van der Waals surface area contributed by atoms with Crippen molar-refractivity contribution in [1.82, 2.24) is 0 Å². The van der Waals surface area contributed by atoms with Gasteiger partial charge in [-0.3, -0.25) is 15.2 Å². The third-order valence-electron chi connectivity index (χ3n) is 7.48. The van der Waals surface area contributed by atoms with Gasteiger partial charge in [-0.1, -0.05) is 35.4 Å². The van der Waals surface area contributed by atoms with Gasteiger partial charge in [0.2, 0.25) is 6.79 Å². The molecular weight excluding hydrogens is 526 g/mol. The van der Waals surface area contributed by atoms with Crippen LogP contribution in [0.15, 0.2) is 65.3 Å². The number of benzene rings is 3. The van der Waals surface area contributed by atoms with Crippen LogP contribution in [-0.4, -0.2) is 42.7 Å². The molecule has 0 amide bonds. The van der Waals surface area contributed by atoms with Gasteiger partial charge in [0.05, 0.1) is 12.7 Å². The van der Waals surface area contributed by atoms with E-state index in [2.05, 4.69) is 19.1 Å². The summed E-state index contributed by atoms with van der Waals surface area (Å²) in [7, 11) is 1.52. The lowest BCUT2D eigenvalue weighted by atomic mass is 9.94. The van der Waals surface area contributed by atoms with E-state index >= 15 is 0 Å². The van der Waals surface area contributed by atoms with E-state index in [4.69, 9.17) is 18.9 Å². The van der Waals surface area contributed by atoms with Crippen molar-refractivity contribution in [1.29, 1.82) is 0 Å². The number of nitrogens with zero attached hydrogens (tertiary/aromatic N) is 1. The number of carbonyl (C=O) groups is 2. The van der Waals surface area contributed by atoms with E-state index in [0.717, 1.165) is 31.1 Å². The molecule has 0 saturated carbocycles. The molecule has 9 heteroatoms. The van der Waals surface area contributed by atoms with Gasteiger partial charge in [0.15, 0.2) is 11.5 Å². The van der Waals surface area contributed by atoms with Crippen molar-refractivity contribution in [3.8, 4) is 17.2 Å². The molecule has 0 saturated heterocycles. The first kappa shape index (κ1) is 28.2. The number of carbonyl (C=O) groups excluding carboxylic acids is 2. The smallest absolute Gasteiger partial charge is 0.339 e. The van der Waals surface area contributed by atoms with Gasteiger partial charge in [-0.05, 0) is 74.8 Å². The normalized spacial score (nSPS) is 21.4. The first-order chi connectivity index (χ1) is 19.8. The van der Waals surface area contributed by atoms with Crippen LogP contribution in [0, 0.1) is 0 Å². The van der Waals surface area contributed by atoms with Gasteiger partial charge in [0.25, 0.3) is 0 Å². The van der Waals surface area contributed by atoms with Gasteiger partial charge in [-0.2, -0.15) is 0 Å². The van der Waals surface area contributed by atoms with Crippen LogP contribution >= 0.6 is 0 Å². The number of allylic oxidation sites excluding steroid dienone is 4. The molecule has 0 fully saturated rings. The Kier molecular flexibility index (Phi) is 8.28. The molecule has 214 valence electrons. The number of anilines is 1. The Hall–Kier alpha value is -4.34. The lowest BCUT2D eigenvalue weighted by molar-refractivity contribution is -0.105. The zero-order valence-corrected chi connectivity index (χ0v) is 23.3. The molecule has 9 nitrogen and oxygen atoms in total. The van der Waals surface area contributed by atoms with Crippen molar-refractivity contribution >= 4 is 39.5 Å². The summed E-state index contributed by atoms with van der Waals surface area (Å²) in [5.74, 6) is 0.491. The number of rotatable bonds is 5. The SMILES string of the molecule is COc1cccc2c1cc(N(O)O)c1c(C(=O)O[C@H]3/C=C(\C=O)CC/C=C(\C)CC/C=C(\C)C3)cc3c(c12)OCO3. The molecule has 2 aliphatic rings. The third kappa shape index (κ3) is 5.77. The minimum absolute atomic E-state index is 0.0318. The molecule has 41 heavy (non-hydrogen) atoms. The summed E-state index contributed by atoms with van der Waals surface area (Å²) in [5, 5.41) is 22.4. The number of esters is 1. The van der Waals surface area contributed by atoms with Crippen LogP contribution < -0.4 is 19.4 Å². The van der Waals surface area contributed by atoms with Crippen molar-refractivity contribution in [2.75, 3.05) is 19.1 Å². The van der Waals surface area contributed by atoms with E-state index < -0.39 is 12.1 Å². The van der Waals surface area contributed by atoms with Crippen LogP contribution in [0.5, 0.6) is 17.2 Å². The second-order valence-corrected chi connectivity index (χ2v) is 10.3. The van der Waals surface area contributed by atoms with Crippen molar-refractivity contribution < 1.29 is 39.0 Å². The first-order valence-corrected chi connectivity index (χ1v) is 13.5. The van der Waals surface area contributed by atoms with E-state index in [1.807, 2.05) is 13.0 Å². The Labute approximate surface area is 237 Å². The molecule has 3 aromatic rings. The van der Waals surface area contributed by atoms with E-state index in [1.54, 1.807) is 18.2 Å². The van der Waals surface area contributed by atoms with Crippen LogP contribution in [0.2, 0.25) is 0 Å². The molecule has 0 unspecified atom stereocenters. The van der Waals surface area contributed by atoms with Gasteiger partial charge in [0, 0.05) is 22.6 Å². The van der Waals surface area contributed by atoms with Crippen LogP contribution in [0.1, 0.15) is 56.3 Å². The highest BCUT2D eigenvalue weighted by Crippen LogP contribution is 2.49. The Balaban J connectivity index is 1.65. The zero-order valence-electron chi connectivity index (χ0n) is 23.3. The van der Waals surface area contributed by atoms with Crippen molar-refractivity contribution in [2.45, 2.75) is 52.1 Å². The Bertz CT molecular complexity index is 1600. The average molecular weight is 560 g/mol. The number of ether oxygens (including phenoxy) is 4. The quantitative estimate of drug-likeness (QED) is 0.114. The average Bonchev–Trinajstić information content (AvgIpc) is 3.43. The summed E-state index contributed by atoms with van der Waals surface area (Å²) in [5.41, 5.74) is 2.85. The fourth-order valence-corrected chi connectivity index (χ4v) is 5.47. The summed E-state index contributed by atoms with van der Waals surface area (Å²) < 4.78 is 23.0. The Morgan fingerprint density at radius 2 is 1.80 bits per heavy atom. The van der Waals surface area contributed by atoms with Crippen LogP contribution in [0.25, 0.3) is 21.5 Å². The lowest BCUT2D eigenvalue weighted by Gasteiger charge is -2.21. The molecule has 1 aliphatic heterocycles. The molecule has 3 aromatic carbocycles. The number of aldehydes is 1. The summed E-state index contributed by atoms with van der Waals surface area (Å²) in [6.07, 6.45) is 9.50. The van der Waals surface area contributed by atoms with E-state index in [9.17, 15) is 20.0 Å². The standard InChI is InChI=1S/C32H33NO8/c1-19-7-4-9-20(2)13-22(14-21(17-34)10-5-8-19)41-32(35)25-16-28-31(40-18-39-28)30-23-11-6-12-27(38-3)24(23)15-26(29(25)30)33(36)37/h6,8-9,11-12,14-17,22,36-37H,4-5,7,10,13,18H2,1-3H3/b19-8+,20-9+,21-14-/t22-/m1/s1. The number of fused-ring (bicyclic) bond motifs is 5. The summed E-state index contributed by atoms with van der Waals surface area (Å²) >= 11 is 0. The Morgan fingerprint density at radius 3 is 2.56 bits per heavy atom. The minimum Gasteiger partial charge on any atom is -0.496 e. The minimum atomic E-state index is -0.715. The van der Waals surface area contributed by atoms with Gasteiger partial charge < -0.3 is 18.9 Å². The molecule has 1 heterocycles. The predicted octanol–water partition coefficient (Wildman–Crippen LogP) is 6.82. The monoisotopic (exact) mass is 559 g/mol. The molecule has 0 bridgehead atoms. The summed E-state index contributed by atoms with van der Waals surface area (Å²) in [4.78, 5) is 25.8. The number of hydrogen-bond acceptors (Lipinski definition) is 9. The van der Waals surface area contributed by atoms with Crippen LogP contribution in [0.4, 0.5) is 5.69 Å². The third-order valence-corrected chi connectivity index (χ3v) is 7.48. The van der Waals surface area contributed by atoms with Crippen LogP contribution in [-0.2, 0) is 9.53 Å². The fourth-order valence-electron chi connectivity index (χ4n) is 5.47. The van der Waals surface area contributed by atoms with Gasteiger partial charge in [-0.25, -0.2) is 4.79 Å². The molecule has 1 atom stereocenters. The second kappa shape index (κ2) is 12.0. The summed E-state index contributed by atoms with van der Waals surface area (Å²) in [6, 6.07) is 8.39. The van der Waals surface area contributed by atoms with E-state index in [-0.39, 0.29) is 28.7 Å². The molecule has 1 aliphatic carbocycles. The van der Waals surface area contributed by atoms with Crippen LogP contribution in [0.3, 0.4) is 0 Å². The van der Waals surface area contributed by atoms with Crippen molar-refractivity contribution in [3.63, 3.8) is 0 Å². The topological polar surface area (TPSA) is 115 Å². The van der Waals surface area contributed by atoms with Crippen molar-refractivity contribution in [2.24, 2.45) is 0 Å². The van der Waals surface area contributed by atoms with E-state index in [1.165, 1.54) is 24.8 Å². The highest BCUT2D eigenvalue weighted by molar-refractivity contribution is 6.23. The number of methoxy groups -OCH3 is 1. The summed E-state index contributed by atoms with van der Waals surface area (Å²) in [6.45, 7) is 4.00. The fraction of sp³-hybridized carbons (Fsp3) is 0.312. The maximum atomic E-state index is 13.9.